The highest BCUT2D eigenvalue weighted by molar-refractivity contribution is 5.87. The van der Waals surface area contributed by atoms with Gasteiger partial charge in [-0.25, -0.2) is 4.79 Å². The van der Waals surface area contributed by atoms with Crippen molar-refractivity contribution in [2.75, 3.05) is 0 Å². The van der Waals surface area contributed by atoms with Gasteiger partial charge in [-0.2, -0.15) is 5.11 Å². The van der Waals surface area contributed by atoms with Crippen molar-refractivity contribution in [2.45, 2.75) is 0 Å². The first-order valence-electron chi connectivity index (χ1n) is 5.70. The zero-order valence-corrected chi connectivity index (χ0v) is 10.5. The van der Waals surface area contributed by atoms with Crippen LogP contribution in [0.25, 0.3) is 0 Å². The normalized spacial score (nSPS) is 10.7. The number of carbonyl (C=O) groups is 1. The number of benzene rings is 2. The minimum absolute atomic E-state index is 0.0495. The van der Waals surface area contributed by atoms with Gasteiger partial charge in [0.25, 0.3) is 5.69 Å². The fourth-order valence-corrected chi connectivity index (χ4v) is 1.49. The summed E-state index contributed by atoms with van der Waals surface area (Å²) < 4.78 is 0. The number of phenols is 1. The minimum atomic E-state index is -1.06. The number of nitro groups is 1. The van der Waals surface area contributed by atoms with Crippen molar-refractivity contribution in [3.63, 3.8) is 0 Å². The van der Waals surface area contributed by atoms with Crippen LogP contribution in [0.5, 0.6) is 5.75 Å². The molecule has 8 heteroatoms. The number of hydrogen-bond donors (Lipinski definition) is 2. The van der Waals surface area contributed by atoms with E-state index < -0.39 is 10.9 Å². The maximum atomic E-state index is 10.7. The second-order valence-electron chi connectivity index (χ2n) is 3.98. The third-order valence-electron chi connectivity index (χ3n) is 2.56. The average molecular weight is 287 g/mol. The number of azo groups is 1. The molecule has 0 spiro atoms. The quantitative estimate of drug-likeness (QED) is 0.506. The molecule has 8 nitrogen and oxygen atoms in total. The van der Waals surface area contributed by atoms with Gasteiger partial charge in [0.2, 0.25) is 0 Å². The molecule has 0 fully saturated rings. The van der Waals surface area contributed by atoms with Crippen LogP contribution in [-0.4, -0.2) is 21.1 Å². The first-order chi connectivity index (χ1) is 9.97. The van der Waals surface area contributed by atoms with Crippen LogP contribution in [0.2, 0.25) is 0 Å². The third kappa shape index (κ3) is 3.38. The Balaban J connectivity index is 2.26. The van der Waals surface area contributed by atoms with Gasteiger partial charge < -0.3 is 10.2 Å². The standard InChI is InChI=1S/C13H9N3O5/c17-12-6-5-10(16(20)21)7-11(12)15-14-9-3-1-8(2-4-9)13(18)19/h1-7,17H,(H,18,19). The van der Waals surface area contributed by atoms with Crippen LogP contribution in [0.1, 0.15) is 10.4 Å². The van der Waals surface area contributed by atoms with Gasteiger partial charge in [-0.05, 0) is 30.3 Å². The number of non-ortho nitro benzene ring substituents is 1. The van der Waals surface area contributed by atoms with E-state index in [2.05, 4.69) is 10.2 Å². The van der Waals surface area contributed by atoms with E-state index in [0.29, 0.717) is 5.69 Å². The first kappa shape index (κ1) is 14.1. The Hall–Kier alpha value is -3.29. The Labute approximate surface area is 118 Å². The molecule has 0 radical (unpaired) electrons. The number of carboxylic acids is 1. The summed E-state index contributed by atoms with van der Waals surface area (Å²) in [5, 5.41) is 36.4. The molecular weight excluding hydrogens is 278 g/mol. The fraction of sp³-hybridized carbons (Fsp3) is 0. The summed E-state index contributed by atoms with van der Waals surface area (Å²) in [4.78, 5) is 20.7. The van der Waals surface area contributed by atoms with Crippen molar-refractivity contribution >= 4 is 23.0 Å². The van der Waals surface area contributed by atoms with Gasteiger partial charge in [-0.3, -0.25) is 10.1 Å². The smallest absolute Gasteiger partial charge is 0.335 e. The molecule has 2 aromatic rings. The molecule has 0 bridgehead atoms. The molecule has 2 rings (SSSR count). The number of aromatic hydroxyl groups is 1. The average Bonchev–Trinajstić information content (AvgIpc) is 2.46. The predicted octanol–water partition coefficient (Wildman–Crippen LogP) is 3.41. The first-order valence-corrected chi connectivity index (χ1v) is 5.70. The summed E-state index contributed by atoms with van der Waals surface area (Å²) in [5.41, 5.74) is 0.188. The third-order valence-corrected chi connectivity index (χ3v) is 2.56. The lowest BCUT2D eigenvalue weighted by atomic mass is 10.2. The highest BCUT2D eigenvalue weighted by Gasteiger charge is 2.09. The van der Waals surface area contributed by atoms with E-state index >= 15 is 0 Å². The van der Waals surface area contributed by atoms with Crippen molar-refractivity contribution in [2.24, 2.45) is 10.2 Å². The number of nitrogens with zero attached hydrogens (tertiary/aromatic N) is 3. The lowest BCUT2D eigenvalue weighted by Gasteiger charge is -1.98. The van der Waals surface area contributed by atoms with Crippen molar-refractivity contribution in [3.05, 3.63) is 58.1 Å². The number of rotatable bonds is 4. The minimum Gasteiger partial charge on any atom is -0.506 e. The van der Waals surface area contributed by atoms with Crippen LogP contribution < -0.4 is 0 Å². The zero-order chi connectivity index (χ0) is 15.4. The van der Waals surface area contributed by atoms with E-state index in [1.165, 1.54) is 24.3 Å². The van der Waals surface area contributed by atoms with Crippen LogP contribution >= 0.6 is 0 Å². The van der Waals surface area contributed by atoms with Crippen LogP contribution in [0.4, 0.5) is 17.1 Å². The summed E-state index contributed by atoms with van der Waals surface area (Å²) in [6, 6.07) is 8.96. The van der Waals surface area contributed by atoms with Gasteiger partial charge in [0, 0.05) is 12.1 Å². The Bertz CT molecular complexity index is 725. The fourth-order valence-electron chi connectivity index (χ4n) is 1.49. The molecular formula is C13H9N3O5. The van der Waals surface area contributed by atoms with Gasteiger partial charge >= 0.3 is 5.97 Å². The zero-order valence-electron chi connectivity index (χ0n) is 10.5. The topological polar surface area (TPSA) is 125 Å². The summed E-state index contributed by atoms with van der Waals surface area (Å²) >= 11 is 0. The van der Waals surface area contributed by atoms with E-state index in [0.717, 1.165) is 18.2 Å². The SMILES string of the molecule is O=C(O)c1ccc(N=Nc2cc([N+](=O)[O-])ccc2O)cc1. The molecule has 0 aliphatic carbocycles. The molecule has 0 unspecified atom stereocenters. The van der Waals surface area contributed by atoms with Gasteiger partial charge in [0.1, 0.15) is 11.4 Å². The van der Waals surface area contributed by atoms with Crippen molar-refractivity contribution in [1.82, 2.24) is 0 Å². The van der Waals surface area contributed by atoms with E-state index in [1.807, 2.05) is 0 Å². The Morgan fingerprint density at radius 3 is 2.33 bits per heavy atom. The van der Waals surface area contributed by atoms with E-state index in [1.54, 1.807) is 0 Å². The summed E-state index contributed by atoms with van der Waals surface area (Å²) in [6.07, 6.45) is 0. The summed E-state index contributed by atoms with van der Waals surface area (Å²) in [7, 11) is 0. The van der Waals surface area contributed by atoms with Crippen molar-refractivity contribution < 1.29 is 19.9 Å². The summed E-state index contributed by atoms with van der Waals surface area (Å²) in [5.74, 6) is -1.30. The maximum Gasteiger partial charge on any atom is 0.335 e. The lowest BCUT2D eigenvalue weighted by molar-refractivity contribution is -0.384. The Kier molecular flexibility index (Phi) is 3.89. The molecule has 0 heterocycles. The van der Waals surface area contributed by atoms with Crippen LogP contribution in [0.15, 0.2) is 52.7 Å². The number of hydrogen-bond acceptors (Lipinski definition) is 6. The number of nitro benzene ring substituents is 1. The molecule has 0 amide bonds. The van der Waals surface area contributed by atoms with Gasteiger partial charge in [-0.15, -0.1) is 5.11 Å². The molecule has 0 saturated heterocycles. The largest absolute Gasteiger partial charge is 0.506 e. The van der Waals surface area contributed by atoms with E-state index in [-0.39, 0.29) is 22.7 Å². The van der Waals surface area contributed by atoms with Gasteiger partial charge in [0.15, 0.2) is 0 Å². The molecule has 0 aliphatic rings. The highest BCUT2D eigenvalue weighted by Crippen LogP contribution is 2.31. The number of carboxylic acid groups (broad SMARTS) is 1. The summed E-state index contributed by atoms with van der Waals surface area (Å²) in [6.45, 7) is 0. The highest BCUT2D eigenvalue weighted by atomic mass is 16.6. The van der Waals surface area contributed by atoms with Crippen LogP contribution in [0.3, 0.4) is 0 Å². The van der Waals surface area contributed by atoms with Gasteiger partial charge in [-0.1, -0.05) is 0 Å². The molecule has 21 heavy (non-hydrogen) atoms. The van der Waals surface area contributed by atoms with E-state index in [9.17, 15) is 20.0 Å². The molecule has 2 aromatic carbocycles. The molecule has 2 N–H and O–H groups in total. The molecule has 106 valence electrons. The van der Waals surface area contributed by atoms with E-state index in [4.69, 9.17) is 5.11 Å². The monoisotopic (exact) mass is 287 g/mol. The number of phenolic OH excluding ortho intramolecular Hbond substituents is 1. The molecule has 0 saturated carbocycles. The Morgan fingerprint density at radius 1 is 1.10 bits per heavy atom. The second-order valence-corrected chi connectivity index (χ2v) is 3.98. The van der Waals surface area contributed by atoms with Gasteiger partial charge in [0.05, 0.1) is 16.2 Å². The maximum absolute atomic E-state index is 10.7. The Morgan fingerprint density at radius 2 is 1.76 bits per heavy atom. The van der Waals surface area contributed by atoms with Crippen molar-refractivity contribution in [3.8, 4) is 5.75 Å². The number of aromatic carboxylic acids is 1. The van der Waals surface area contributed by atoms with Crippen molar-refractivity contribution in [1.29, 1.82) is 0 Å². The molecule has 0 aromatic heterocycles. The molecule has 0 aliphatic heterocycles. The lowest BCUT2D eigenvalue weighted by Crippen LogP contribution is -1.93. The predicted molar refractivity (Wildman–Crippen MR) is 72.3 cm³/mol. The van der Waals surface area contributed by atoms with Crippen LogP contribution in [0, 0.1) is 10.1 Å². The second kappa shape index (κ2) is 5.78. The van der Waals surface area contributed by atoms with Crippen LogP contribution in [-0.2, 0) is 0 Å². The molecule has 0 atom stereocenters.